The molecule has 0 atom stereocenters. The Balaban J connectivity index is 2.42. The Hall–Kier alpha value is -1.84. The first-order valence-corrected chi connectivity index (χ1v) is 8.13. The van der Waals surface area contributed by atoms with Crippen molar-refractivity contribution in [3.8, 4) is 5.75 Å². The molecule has 0 fully saturated rings. The van der Waals surface area contributed by atoms with Crippen LogP contribution >= 0.6 is 22.9 Å². The van der Waals surface area contributed by atoms with Crippen LogP contribution in [0.15, 0.2) is 28.6 Å². The number of hydrogen-bond donors (Lipinski definition) is 2. The highest BCUT2D eigenvalue weighted by molar-refractivity contribution is 7.94. The van der Waals surface area contributed by atoms with Gasteiger partial charge in [-0.1, -0.05) is 22.9 Å². The molecule has 2 aromatic rings. The predicted molar refractivity (Wildman–Crippen MR) is 79.4 cm³/mol. The summed E-state index contributed by atoms with van der Waals surface area (Å²) in [5.41, 5.74) is 5.41. The molecule has 0 bridgehead atoms. The summed E-state index contributed by atoms with van der Waals surface area (Å²) in [5, 5.41) is 0. The maximum atomic E-state index is 12.2. The number of rotatable bonds is 5. The van der Waals surface area contributed by atoms with Crippen LogP contribution in [-0.2, 0) is 10.0 Å². The van der Waals surface area contributed by atoms with Gasteiger partial charge in [0.05, 0.1) is 19.0 Å². The van der Waals surface area contributed by atoms with Gasteiger partial charge in [-0.25, -0.2) is 13.4 Å². The number of aromatic nitrogens is 1. The van der Waals surface area contributed by atoms with Crippen LogP contribution < -0.4 is 15.2 Å². The third-order valence-corrected chi connectivity index (χ3v) is 5.39. The summed E-state index contributed by atoms with van der Waals surface area (Å²) in [4.78, 5) is 14.8. The van der Waals surface area contributed by atoms with E-state index in [0.717, 1.165) is 17.5 Å². The van der Waals surface area contributed by atoms with Gasteiger partial charge in [0.2, 0.25) is 5.91 Å². The smallest absolute Gasteiger partial charge is 0.273 e. The first kappa shape index (κ1) is 15.5. The normalized spacial score (nSPS) is 11.1. The molecule has 0 saturated heterocycles. The largest absolute Gasteiger partial charge is 0.495 e. The molecule has 0 aliphatic heterocycles. The molecule has 1 aromatic heterocycles. The first-order chi connectivity index (χ1) is 9.83. The van der Waals surface area contributed by atoms with Gasteiger partial charge in [-0.3, -0.25) is 9.52 Å². The summed E-state index contributed by atoms with van der Waals surface area (Å²) in [7, 11) is -2.50. The van der Waals surface area contributed by atoms with Crippen LogP contribution in [-0.4, -0.2) is 26.4 Å². The molecule has 0 radical (unpaired) electrons. The van der Waals surface area contributed by atoms with E-state index in [1.165, 1.54) is 25.3 Å². The predicted octanol–water partition coefficient (Wildman–Crippen LogP) is 1.70. The van der Waals surface area contributed by atoms with Crippen molar-refractivity contribution in [1.29, 1.82) is 0 Å². The lowest BCUT2D eigenvalue weighted by molar-refractivity contribution is 0.100. The maximum Gasteiger partial charge on any atom is 0.273 e. The highest BCUT2D eigenvalue weighted by atomic mass is 35.5. The number of halogens is 1. The molecule has 0 aliphatic carbocycles. The van der Waals surface area contributed by atoms with Crippen molar-refractivity contribution in [2.45, 2.75) is 4.21 Å². The number of thiazole rings is 1. The van der Waals surface area contributed by atoms with Crippen molar-refractivity contribution in [1.82, 2.24) is 4.98 Å². The molecular weight excluding hydrogens is 338 g/mol. The Kier molecular flexibility index (Phi) is 4.35. The topological polar surface area (TPSA) is 111 Å². The number of benzene rings is 1. The number of primary amides is 1. The SMILES string of the molecule is COc1ccc(C(N)=O)cc1NS(=O)(=O)c1cnc(Cl)s1. The van der Waals surface area contributed by atoms with Crippen LogP contribution in [0.25, 0.3) is 0 Å². The van der Waals surface area contributed by atoms with Crippen LogP contribution in [0, 0.1) is 0 Å². The fourth-order valence-electron chi connectivity index (χ4n) is 1.50. The van der Waals surface area contributed by atoms with Gasteiger partial charge in [0.1, 0.15) is 5.75 Å². The number of sulfonamides is 1. The molecule has 112 valence electrons. The molecule has 1 heterocycles. The lowest BCUT2D eigenvalue weighted by atomic mass is 10.2. The summed E-state index contributed by atoms with van der Waals surface area (Å²) >= 11 is 6.43. The van der Waals surface area contributed by atoms with Crippen LogP contribution in [0.4, 0.5) is 5.69 Å². The zero-order chi connectivity index (χ0) is 15.6. The third kappa shape index (κ3) is 3.43. The van der Waals surface area contributed by atoms with E-state index in [4.69, 9.17) is 22.1 Å². The van der Waals surface area contributed by atoms with Gasteiger partial charge in [-0.2, -0.15) is 0 Å². The van der Waals surface area contributed by atoms with E-state index in [9.17, 15) is 13.2 Å². The summed E-state index contributed by atoms with van der Waals surface area (Å²) in [5.74, 6) is -0.432. The van der Waals surface area contributed by atoms with Gasteiger partial charge in [0, 0.05) is 5.56 Å². The number of amides is 1. The monoisotopic (exact) mass is 347 g/mol. The second-order valence-corrected chi connectivity index (χ2v) is 7.34. The van der Waals surface area contributed by atoms with E-state index in [1.54, 1.807) is 0 Å². The van der Waals surface area contributed by atoms with Crippen molar-refractivity contribution in [3.63, 3.8) is 0 Å². The number of nitrogens with two attached hydrogens (primary N) is 1. The van der Waals surface area contributed by atoms with Crippen molar-refractivity contribution in [2.24, 2.45) is 5.73 Å². The molecule has 1 aromatic carbocycles. The lowest BCUT2D eigenvalue weighted by Gasteiger charge is -2.11. The molecule has 7 nitrogen and oxygen atoms in total. The fourth-order valence-corrected chi connectivity index (χ4v) is 3.85. The van der Waals surface area contributed by atoms with E-state index >= 15 is 0 Å². The Labute approximate surface area is 129 Å². The quantitative estimate of drug-likeness (QED) is 0.855. The third-order valence-electron chi connectivity index (χ3n) is 2.45. The summed E-state index contributed by atoms with van der Waals surface area (Å²) in [6.07, 6.45) is 1.14. The summed E-state index contributed by atoms with van der Waals surface area (Å²) < 4.78 is 31.8. The fraction of sp³-hybridized carbons (Fsp3) is 0.0909. The minimum Gasteiger partial charge on any atom is -0.495 e. The molecular formula is C11H10ClN3O4S2. The Bertz CT molecular complexity index is 789. The van der Waals surface area contributed by atoms with Crippen LogP contribution in [0.3, 0.4) is 0 Å². The van der Waals surface area contributed by atoms with Crippen molar-refractivity contribution < 1.29 is 17.9 Å². The minimum absolute atomic E-state index is 0.0565. The Morgan fingerprint density at radius 2 is 2.19 bits per heavy atom. The number of anilines is 1. The highest BCUT2D eigenvalue weighted by Crippen LogP contribution is 2.30. The van der Waals surface area contributed by atoms with Crippen molar-refractivity contribution in [2.75, 3.05) is 11.8 Å². The second kappa shape index (κ2) is 5.88. The zero-order valence-corrected chi connectivity index (χ0v) is 13.1. The molecule has 1 amide bonds. The summed E-state index contributed by atoms with van der Waals surface area (Å²) in [6.45, 7) is 0. The van der Waals surface area contributed by atoms with E-state index < -0.39 is 15.9 Å². The number of nitrogens with zero attached hydrogens (tertiary/aromatic N) is 1. The standard InChI is InChI=1S/C11H10ClN3O4S2/c1-19-8-3-2-6(10(13)16)4-7(8)15-21(17,18)9-5-14-11(12)20-9/h2-5,15H,1H3,(H2,13,16). The van der Waals surface area contributed by atoms with E-state index in [0.29, 0.717) is 0 Å². The summed E-state index contributed by atoms with van der Waals surface area (Å²) in [6, 6.07) is 4.17. The zero-order valence-electron chi connectivity index (χ0n) is 10.7. The molecule has 0 aliphatic rings. The second-order valence-electron chi connectivity index (χ2n) is 3.82. The molecule has 3 N–H and O–H groups in total. The number of carbonyl (C=O) groups excluding carboxylic acids is 1. The number of hydrogen-bond acceptors (Lipinski definition) is 6. The Morgan fingerprint density at radius 3 is 2.71 bits per heavy atom. The lowest BCUT2D eigenvalue weighted by Crippen LogP contribution is -2.15. The van der Waals surface area contributed by atoms with Crippen molar-refractivity contribution >= 4 is 44.6 Å². The van der Waals surface area contributed by atoms with Gasteiger partial charge in [-0.15, -0.1) is 0 Å². The molecule has 21 heavy (non-hydrogen) atoms. The van der Waals surface area contributed by atoms with Gasteiger partial charge in [-0.05, 0) is 18.2 Å². The highest BCUT2D eigenvalue weighted by Gasteiger charge is 2.20. The van der Waals surface area contributed by atoms with Crippen LogP contribution in [0.2, 0.25) is 4.47 Å². The number of ether oxygens (including phenoxy) is 1. The van der Waals surface area contributed by atoms with E-state index in [2.05, 4.69) is 9.71 Å². The molecule has 0 spiro atoms. The molecule has 2 rings (SSSR count). The molecule has 0 unspecified atom stereocenters. The van der Waals surface area contributed by atoms with Gasteiger partial charge in [0.25, 0.3) is 10.0 Å². The van der Waals surface area contributed by atoms with Crippen molar-refractivity contribution in [3.05, 3.63) is 34.4 Å². The Morgan fingerprint density at radius 1 is 1.48 bits per heavy atom. The number of methoxy groups -OCH3 is 1. The first-order valence-electron chi connectivity index (χ1n) is 5.45. The average Bonchev–Trinajstić information content (AvgIpc) is 2.85. The molecule has 0 saturated carbocycles. The minimum atomic E-state index is -3.88. The van der Waals surface area contributed by atoms with Gasteiger partial charge in [0.15, 0.2) is 8.68 Å². The van der Waals surface area contributed by atoms with Crippen LogP contribution in [0.5, 0.6) is 5.75 Å². The number of carbonyl (C=O) groups is 1. The maximum absolute atomic E-state index is 12.2. The molecule has 10 heteroatoms. The average molecular weight is 348 g/mol. The van der Waals surface area contributed by atoms with E-state index in [1.807, 2.05) is 0 Å². The van der Waals surface area contributed by atoms with Gasteiger partial charge < -0.3 is 10.5 Å². The van der Waals surface area contributed by atoms with Crippen LogP contribution in [0.1, 0.15) is 10.4 Å². The van der Waals surface area contributed by atoms with E-state index in [-0.39, 0.29) is 25.7 Å². The van der Waals surface area contributed by atoms with Gasteiger partial charge >= 0.3 is 0 Å². The number of nitrogens with one attached hydrogen (secondary N) is 1.